The number of amides is 3. The maximum absolute atomic E-state index is 13.1. The highest BCUT2D eigenvalue weighted by molar-refractivity contribution is 6.07. The van der Waals surface area contributed by atoms with Crippen molar-refractivity contribution in [3.63, 3.8) is 0 Å². The number of rotatable bonds is 2. The number of carbonyl (C=O) groups excluding carboxylic acids is 2. The molecule has 0 heterocycles. The quantitative estimate of drug-likeness (QED) is 0.752. The third-order valence-electron chi connectivity index (χ3n) is 1.74. The summed E-state index contributed by atoms with van der Waals surface area (Å²) in [5.74, 6) is -1.17. The van der Waals surface area contributed by atoms with Crippen LogP contribution in [0.3, 0.4) is 0 Å². The Bertz CT molecular complexity index is 443. The van der Waals surface area contributed by atoms with E-state index >= 15 is 0 Å². The molecule has 0 radical (unpaired) electrons. The van der Waals surface area contributed by atoms with E-state index in [4.69, 9.17) is 0 Å². The van der Waals surface area contributed by atoms with Crippen molar-refractivity contribution in [1.29, 1.82) is 0 Å². The molecule has 0 aromatic heterocycles. The van der Waals surface area contributed by atoms with E-state index in [-0.39, 0.29) is 11.3 Å². The van der Waals surface area contributed by atoms with E-state index in [2.05, 4.69) is 11.9 Å². The number of hydrogen-bond donors (Lipinski definition) is 2. The minimum Gasteiger partial charge on any atom is -0.305 e. The normalized spacial score (nSPS) is 9.38. The van der Waals surface area contributed by atoms with Gasteiger partial charge in [0.1, 0.15) is 5.82 Å². The average Bonchev–Trinajstić information content (AvgIpc) is 2.21. The molecule has 84 valence electrons. The van der Waals surface area contributed by atoms with Crippen LogP contribution in [-0.2, 0) is 4.79 Å². The van der Waals surface area contributed by atoms with Crippen molar-refractivity contribution in [1.82, 2.24) is 5.32 Å². The highest BCUT2D eigenvalue weighted by atomic mass is 19.1. The highest BCUT2D eigenvalue weighted by Gasteiger charge is 2.09. The molecule has 5 heteroatoms. The van der Waals surface area contributed by atoms with Gasteiger partial charge in [-0.25, -0.2) is 9.18 Å². The van der Waals surface area contributed by atoms with Crippen LogP contribution in [0.15, 0.2) is 36.4 Å². The number of halogens is 1. The third kappa shape index (κ3) is 3.20. The van der Waals surface area contributed by atoms with Gasteiger partial charge in [-0.15, -0.1) is 0 Å². The smallest absolute Gasteiger partial charge is 0.305 e. The summed E-state index contributed by atoms with van der Waals surface area (Å²) in [5.41, 5.74) is 0.207. The van der Waals surface area contributed by atoms with Gasteiger partial charge >= 0.3 is 6.03 Å². The van der Waals surface area contributed by atoms with Gasteiger partial charge in [0, 0.05) is 5.57 Å². The molecule has 0 aliphatic carbocycles. The molecule has 4 nitrogen and oxygen atoms in total. The zero-order chi connectivity index (χ0) is 12.1. The van der Waals surface area contributed by atoms with Crippen LogP contribution < -0.4 is 10.6 Å². The minimum atomic E-state index is -0.793. The molecule has 0 atom stereocenters. The van der Waals surface area contributed by atoms with Gasteiger partial charge in [0.05, 0.1) is 5.69 Å². The molecular formula is C11H11FN2O2. The standard InChI is InChI=1S/C11H11FN2O2/c1-7(2)10(15)14-11(16)13-9-6-4-3-5-8(9)12/h3-6H,1H2,2H3,(H2,13,14,15,16). The Labute approximate surface area is 92.2 Å². The Kier molecular flexibility index (Phi) is 3.77. The van der Waals surface area contributed by atoms with E-state index in [1.165, 1.54) is 25.1 Å². The first-order chi connectivity index (χ1) is 7.50. The van der Waals surface area contributed by atoms with E-state index in [0.29, 0.717) is 0 Å². The van der Waals surface area contributed by atoms with Gasteiger partial charge in [0.25, 0.3) is 5.91 Å². The Morgan fingerprint density at radius 3 is 2.50 bits per heavy atom. The van der Waals surface area contributed by atoms with E-state index < -0.39 is 17.8 Å². The summed E-state index contributed by atoms with van der Waals surface area (Å²) in [6.45, 7) is 4.83. The fraction of sp³-hybridized carbons (Fsp3) is 0.0909. The molecular weight excluding hydrogens is 211 g/mol. The van der Waals surface area contributed by atoms with Gasteiger partial charge in [-0.05, 0) is 19.1 Å². The molecule has 0 saturated carbocycles. The summed E-state index contributed by atoms with van der Waals surface area (Å²) in [7, 11) is 0. The first kappa shape index (κ1) is 11.9. The number of nitrogens with one attached hydrogen (secondary N) is 2. The number of benzene rings is 1. The molecule has 3 amide bonds. The average molecular weight is 222 g/mol. The lowest BCUT2D eigenvalue weighted by atomic mass is 10.3. The van der Waals surface area contributed by atoms with Crippen LogP contribution in [0.4, 0.5) is 14.9 Å². The van der Waals surface area contributed by atoms with Crippen molar-refractivity contribution in [2.45, 2.75) is 6.92 Å². The molecule has 0 unspecified atom stereocenters. The van der Waals surface area contributed by atoms with Gasteiger partial charge in [-0.3, -0.25) is 10.1 Å². The molecule has 0 aliphatic heterocycles. The monoisotopic (exact) mass is 222 g/mol. The predicted molar refractivity (Wildman–Crippen MR) is 58.4 cm³/mol. The van der Waals surface area contributed by atoms with Crippen molar-refractivity contribution in [3.8, 4) is 0 Å². The molecule has 1 aromatic rings. The fourth-order valence-corrected chi connectivity index (χ4v) is 0.926. The number of carbonyl (C=O) groups is 2. The topological polar surface area (TPSA) is 58.2 Å². The Hall–Kier alpha value is -2.17. The highest BCUT2D eigenvalue weighted by Crippen LogP contribution is 2.11. The lowest BCUT2D eigenvalue weighted by Crippen LogP contribution is -2.34. The summed E-state index contributed by atoms with van der Waals surface area (Å²) in [6, 6.07) is 4.87. The van der Waals surface area contributed by atoms with E-state index in [0.717, 1.165) is 0 Å². The molecule has 0 aliphatic rings. The lowest BCUT2D eigenvalue weighted by molar-refractivity contribution is -0.116. The largest absolute Gasteiger partial charge is 0.326 e. The number of hydrogen-bond acceptors (Lipinski definition) is 2. The minimum absolute atomic E-state index is 0.00881. The molecule has 0 bridgehead atoms. The van der Waals surface area contributed by atoms with Crippen molar-refractivity contribution in [2.75, 3.05) is 5.32 Å². The van der Waals surface area contributed by atoms with Gasteiger partial charge in [-0.1, -0.05) is 18.7 Å². The van der Waals surface area contributed by atoms with Crippen LogP contribution in [0.1, 0.15) is 6.92 Å². The van der Waals surface area contributed by atoms with Crippen LogP contribution in [0, 0.1) is 5.82 Å². The molecule has 0 spiro atoms. The van der Waals surface area contributed by atoms with Gasteiger partial charge < -0.3 is 5.32 Å². The summed E-state index contributed by atoms with van der Waals surface area (Å²) >= 11 is 0. The molecule has 1 aromatic carbocycles. The van der Waals surface area contributed by atoms with E-state index in [1.54, 1.807) is 6.07 Å². The van der Waals surface area contributed by atoms with Crippen LogP contribution in [0.25, 0.3) is 0 Å². The summed E-state index contributed by atoms with van der Waals surface area (Å²) in [4.78, 5) is 22.3. The molecule has 0 saturated heterocycles. The Morgan fingerprint density at radius 2 is 1.94 bits per heavy atom. The summed E-state index contributed by atoms with van der Waals surface area (Å²) in [6.07, 6.45) is 0. The second-order valence-corrected chi connectivity index (χ2v) is 3.17. The Balaban J connectivity index is 2.62. The van der Waals surface area contributed by atoms with Crippen LogP contribution >= 0.6 is 0 Å². The third-order valence-corrected chi connectivity index (χ3v) is 1.74. The fourth-order valence-electron chi connectivity index (χ4n) is 0.926. The summed E-state index contributed by atoms with van der Waals surface area (Å²) in [5, 5.41) is 4.21. The molecule has 16 heavy (non-hydrogen) atoms. The molecule has 2 N–H and O–H groups in total. The first-order valence-electron chi connectivity index (χ1n) is 4.53. The second kappa shape index (κ2) is 5.06. The Morgan fingerprint density at radius 1 is 1.31 bits per heavy atom. The summed E-state index contributed by atoms with van der Waals surface area (Å²) < 4.78 is 13.1. The van der Waals surface area contributed by atoms with E-state index in [1.807, 2.05) is 5.32 Å². The lowest BCUT2D eigenvalue weighted by Gasteiger charge is -2.06. The van der Waals surface area contributed by atoms with Crippen LogP contribution in [0.2, 0.25) is 0 Å². The van der Waals surface area contributed by atoms with Crippen molar-refractivity contribution in [3.05, 3.63) is 42.2 Å². The molecule has 0 fully saturated rings. The van der Waals surface area contributed by atoms with E-state index in [9.17, 15) is 14.0 Å². The van der Waals surface area contributed by atoms with Crippen molar-refractivity contribution in [2.24, 2.45) is 0 Å². The van der Waals surface area contributed by atoms with Crippen molar-refractivity contribution >= 4 is 17.6 Å². The predicted octanol–water partition coefficient (Wildman–Crippen LogP) is 2.05. The number of urea groups is 1. The maximum atomic E-state index is 13.1. The zero-order valence-electron chi connectivity index (χ0n) is 8.71. The number of anilines is 1. The van der Waals surface area contributed by atoms with Gasteiger partial charge in [0.2, 0.25) is 0 Å². The molecule has 1 rings (SSSR count). The zero-order valence-corrected chi connectivity index (χ0v) is 8.71. The van der Waals surface area contributed by atoms with Gasteiger partial charge in [-0.2, -0.15) is 0 Å². The van der Waals surface area contributed by atoms with Crippen LogP contribution in [0.5, 0.6) is 0 Å². The second-order valence-electron chi connectivity index (χ2n) is 3.17. The number of imide groups is 1. The number of para-hydroxylation sites is 1. The maximum Gasteiger partial charge on any atom is 0.326 e. The van der Waals surface area contributed by atoms with Crippen LogP contribution in [-0.4, -0.2) is 11.9 Å². The first-order valence-corrected chi connectivity index (χ1v) is 4.53. The SMILES string of the molecule is C=C(C)C(=O)NC(=O)Nc1ccccc1F. The van der Waals surface area contributed by atoms with Crippen molar-refractivity contribution < 1.29 is 14.0 Å². The van der Waals surface area contributed by atoms with Gasteiger partial charge in [0.15, 0.2) is 0 Å².